The minimum absolute atomic E-state index is 0.151. The molecule has 0 atom stereocenters. The monoisotopic (exact) mass is 768 g/mol. The summed E-state index contributed by atoms with van der Waals surface area (Å²) >= 11 is 0. The number of anilines is 3. The second-order valence-corrected chi connectivity index (χ2v) is 16.4. The molecule has 12 rings (SSSR count). The minimum Gasteiger partial charge on any atom is -0.455 e. The van der Waals surface area contributed by atoms with Gasteiger partial charge < -0.3 is 13.9 Å². The fourth-order valence-corrected chi connectivity index (χ4v) is 10.1. The molecule has 0 amide bonds. The number of benzene rings is 9. The first-order valence-corrected chi connectivity index (χ1v) is 20.8. The van der Waals surface area contributed by atoms with E-state index >= 15 is 0 Å². The van der Waals surface area contributed by atoms with Crippen LogP contribution in [0.1, 0.15) is 25.0 Å². The van der Waals surface area contributed by atoms with E-state index in [1.165, 1.54) is 49.6 Å². The largest absolute Gasteiger partial charge is 0.455 e. The molecule has 3 nitrogen and oxygen atoms in total. The molecule has 2 aromatic heterocycles. The van der Waals surface area contributed by atoms with E-state index in [-0.39, 0.29) is 5.41 Å². The van der Waals surface area contributed by atoms with Gasteiger partial charge in [-0.1, -0.05) is 166 Å². The SMILES string of the molecule is CC1(C)c2ccccc2-c2c(N(c3ccc(-c4cccc5c6ccccc6n(-c6ccccc6)c45)cc3)c3ccc(-c4ccccc4)c4oc5ccccc5c34)cccc21. The van der Waals surface area contributed by atoms with Gasteiger partial charge in [0.1, 0.15) is 11.2 Å². The zero-order valence-electron chi connectivity index (χ0n) is 33.4. The van der Waals surface area contributed by atoms with E-state index in [1.54, 1.807) is 0 Å². The molecule has 2 heterocycles. The fourth-order valence-electron chi connectivity index (χ4n) is 10.1. The Bertz CT molecular complexity index is 3450. The number of hydrogen-bond donors (Lipinski definition) is 0. The molecule has 0 unspecified atom stereocenters. The zero-order valence-corrected chi connectivity index (χ0v) is 33.4. The predicted molar refractivity (Wildman–Crippen MR) is 251 cm³/mol. The van der Waals surface area contributed by atoms with E-state index in [0.717, 1.165) is 61.4 Å². The third kappa shape index (κ3) is 5.02. The molecule has 284 valence electrons. The maximum absolute atomic E-state index is 6.84. The van der Waals surface area contributed by atoms with Crippen LogP contribution < -0.4 is 4.90 Å². The Morgan fingerprint density at radius 1 is 0.450 bits per heavy atom. The second-order valence-electron chi connectivity index (χ2n) is 16.4. The third-order valence-corrected chi connectivity index (χ3v) is 12.8. The Balaban J connectivity index is 1.12. The lowest BCUT2D eigenvalue weighted by atomic mass is 9.82. The molecule has 60 heavy (non-hydrogen) atoms. The average Bonchev–Trinajstić information content (AvgIpc) is 3.94. The van der Waals surface area contributed by atoms with Crippen molar-refractivity contribution < 1.29 is 4.42 Å². The van der Waals surface area contributed by atoms with Crippen molar-refractivity contribution >= 4 is 60.8 Å². The second kappa shape index (κ2) is 13.2. The van der Waals surface area contributed by atoms with Crippen LogP contribution in [0.3, 0.4) is 0 Å². The highest BCUT2D eigenvalue weighted by Gasteiger charge is 2.38. The maximum Gasteiger partial charge on any atom is 0.145 e. The molecule has 1 aliphatic carbocycles. The lowest BCUT2D eigenvalue weighted by Crippen LogP contribution is -2.16. The van der Waals surface area contributed by atoms with E-state index < -0.39 is 0 Å². The molecule has 0 N–H and O–H groups in total. The number of para-hydroxylation sites is 4. The number of rotatable bonds is 6. The van der Waals surface area contributed by atoms with Crippen molar-refractivity contribution in [3.05, 3.63) is 217 Å². The number of hydrogen-bond acceptors (Lipinski definition) is 2. The van der Waals surface area contributed by atoms with Crippen LogP contribution in [0.25, 0.3) is 82.8 Å². The Kier molecular flexibility index (Phi) is 7.58. The van der Waals surface area contributed by atoms with Gasteiger partial charge in [-0.2, -0.15) is 0 Å². The van der Waals surface area contributed by atoms with Crippen LogP contribution in [-0.2, 0) is 5.41 Å². The first-order chi connectivity index (χ1) is 29.6. The van der Waals surface area contributed by atoms with Crippen LogP contribution in [0.4, 0.5) is 17.1 Å². The van der Waals surface area contributed by atoms with Gasteiger partial charge in [-0.05, 0) is 82.4 Å². The standard InChI is InChI=1S/C57H40N2O/c1-57(2)47-26-12-9-22-45(47)53-48(57)27-16-29-50(53)58(51-36-35-42(37-17-5-3-6-18-37)56-54(51)46-23-11-14-30-52(46)60-56)40-33-31-38(32-34-40)41-24-15-25-44-43-21-10-13-28-49(43)59(55(41)44)39-19-7-4-8-20-39/h3-36H,1-2H3. The summed E-state index contributed by atoms with van der Waals surface area (Å²) in [6.07, 6.45) is 0. The van der Waals surface area contributed by atoms with Crippen molar-refractivity contribution in [3.8, 4) is 39.1 Å². The summed E-state index contributed by atoms with van der Waals surface area (Å²) in [5.74, 6) is 0. The van der Waals surface area contributed by atoms with E-state index in [9.17, 15) is 0 Å². The van der Waals surface area contributed by atoms with E-state index in [4.69, 9.17) is 4.42 Å². The predicted octanol–water partition coefficient (Wildman–Crippen LogP) is 15.8. The van der Waals surface area contributed by atoms with Crippen molar-refractivity contribution in [3.63, 3.8) is 0 Å². The van der Waals surface area contributed by atoms with Gasteiger partial charge in [-0.15, -0.1) is 0 Å². The normalized spacial score (nSPS) is 13.0. The molecular formula is C57H40N2O. The summed E-state index contributed by atoms with van der Waals surface area (Å²) in [7, 11) is 0. The van der Waals surface area contributed by atoms with Gasteiger partial charge in [-0.3, -0.25) is 0 Å². The Labute approximate surface area is 349 Å². The average molecular weight is 769 g/mol. The Morgan fingerprint density at radius 2 is 1.08 bits per heavy atom. The number of furan rings is 1. The van der Waals surface area contributed by atoms with Gasteiger partial charge in [0, 0.05) is 49.6 Å². The van der Waals surface area contributed by atoms with Crippen LogP contribution >= 0.6 is 0 Å². The lowest BCUT2D eigenvalue weighted by molar-refractivity contribution is 0.660. The molecule has 3 heteroatoms. The highest BCUT2D eigenvalue weighted by molar-refractivity contribution is 6.18. The van der Waals surface area contributed by atoms with Crippen molar-refractivity contribution in [2.45, 2.75) is 19.3 Å². The summed E-state index contributed by atoms with van der Waals surface area (Å²) < 4.78 is 9.26. The quantitative estimate of drug-likeness (QED) is 0.168. The maximum atomic E-state index is 6.84. The summed E-state index contributed by atoms with van der Waals surface area (Å²) in [4.78, 5) is 2.47. The Hall–Kier alpha value is -7.62. The fraction of sp³-hybridized carbons (Fsp3) is 0.0526. The van der Waals surface area contributed by atoms with E-state index in [2.05, 4.69) is 230 Å². The number of nitrogens with zero attached hydrogens (tertiary/aromatic N) is 2. The Morgan fingerprint density at radius 3 is 1.92 bits per heavy atom. The van der Waals surface area contributed by atoms with Crippen LogP contribution in [0, 0.1) is 0 Å². The van der Waals surface area contributed by atoms with Crippen molar-refractivity contribution in [1.82, 2.24) is 4.57 Å². The van der Waals surface area contributed by atoms with Gasteiger partial charge in [0.2, 0.25) is 0 Å². The molecule has 0 saturated heterocycles. The molecular weight excluding hydrogens is 729 g/mol. The topological polar surface area (TPSA) is 21.3 Å². The molecule has 0 spiro atoms. The van der Waals surface area contributed by atoms with Gasteiger partial charge in [-0.25, -0.2) is 0 Å². The third-order valence-electron chi connectivity index (χ3n) is 12.8. The molecule has 0 bridgehead atoms. The number of aromatic nitrogens is 1. The molecule has 0 aliphatic heterocycles. The van der Waals surface area contributed by atoms with Crippen LogP contribution in [0.2, 0.25) is 0 Å². The van der Waals surface area contributed by atoms with E-state index in [0.29, 0.717) is 0 Å². The summed E-state index contributed by atoms with van der Waals surface area (Å²) in [6, 6.07) is 74.7. The van der Waals surface area contributed by atoms with Gasteiger partial charge in [0.05, 0.1) is 27.8 Å². The van der Waals surface area contributed by atoms with E-state index in [1.807, 2.05) is 0 Å². The molecule has 0 radical (unpaired) electrons. The summed E-state index contributed by atoms with van der Waals surface area (Å²) in [6.45, 7) is 4.71. The van der Waals surface area contributed by atoms with Crippen LogP contribution in [-0.4, -0.2) is 4.57 Å². The molecule has 9 aromatic carbocycles. The van der Waals surface area contributed by atoms with Gasteiger partial charge in [0.25, 0.3) is 0 Å². The van der Waals surface area contributed by atoms with Gasteiger partial charge >= 0.3 is 0 Å². The smallest absolute Gasteiger partial charge is 0.145 e. The minimum atomic E-state index is -0.151. The molecule has 0 fully saturated rings. The van der Waals surface area contributed by atoms with Gasteiger partial charge in [0.15, 0.2) is 0 Å². The summed E-state index contributed by atoms with van der Waals surface area (Å²) in [5, 5.41) is 4.68. The van der Waals surface area contributed by atoms with Crippen molar-refractivity contribution in [1.29, 1.82) is 0 Å². The molecule has 1 aliphatic rings. The molecule has 11 aromatic rings. The van der Waals surface area contributed by atoms with Crippen LogP contribution in [0.15, 0.2) is 211 Å². The highest BCUT2D eigenvalue weighted by atomic mass is 16.3. The van der Waals surface area contributed by atoms with Crippen LogP contribution in [0.5, 0.6) is 0 Å². The number of fused-ring (bicyclic) bond motifs is 9. The van der Waals surface area contributed by atoms with Crippen molar-refractivity contribution in [2.75, 3.05) is 4.90 Å². The molecule has 0 saturated carbocycles. The van der Waals surface area contributed by atoms with Crippen molar-refractivity contribution in [2.24, 2.45) is 0 Å². The summed E-state index contributed by atoms with van der Waals surface area (Å²) in [5.41, 5.74) is 18.2. The lowest BCUT2D eigenvalue weighted by Gasteiger charge is -2.30. The highest BCUT2D eigenvalue weighted by Crippen LogP contribution is 2.55. The first kappa shape index (κ1) is 34.4. The first-order valence-electron chi connectivity index (χ1n) is 20.8. The zero-order chi connectivity index (χ0) is 40.0.